The quantitative estimate of drug-likeness (QED) is 0.891. The SMILES string of the molecule is O=C(NC12CC(C1)C2)c1cc(Cl)cc(Br)c1. The lowest BCUT2D eigenvalue weighted by atomic mass is 9.50. The van der Waals surface area contributed by atoms with Gasteiger partial charge in [-0.15, -0.1) is 0 Å². The number of amides is 1. The van der Waals surface area contributed by atoms with E-state index in [4.69, 9.17) is 11.6 Å². The van der Waals surface area contributed by atoms with E-state index in [1.54, 1.807) is 18.2 Å². The third-order valence-corrected chi connectivity index (χ3v) is 4.22. The molecule has 3 aliphatic rings. The molecule has 0 heterocycles. The smallest absolute Gasteiger partial charge is 0.251 e. The van der Waals surface area contributed by atoms with E-state index in [0.29, 0.717) is 10.6 Å². The number of nitrogens with one attached hydrogen (secondary N) is 1. The molecule has 3 saturated carbocycles. The third-order valence-electron chi connectivity index (χ3n) is 3.54. The van der Waals surface area contributed by atoms with Crippen molar-refractivity contribution in [2.45, 2.75) is 24.8 Å². The van der Waals surface area contributed by atoms with Gasteiger partial charge in [-0.3, -0.25) is 4.79 Å². The Bertz CT molecular complexity index is 437. The highest BCUT2D eigenvalue weighted by Crippen LogP contribution is 2.56. The highest BCUT2D eigenvalue weighted by atomic mass is 79.9. The summed E-state index contributed by atoms with van der Waals surface area (Å²) in [7, 11) is 0. The van der Waals surface area contributed by atoms with Crippen LogP contribution in [0.5, 0.6) is 0 Å². The molecule has 16 heavy (non-hydrogen) atoms. The molecule has 0 saturated heterocycles. The minimum atomic E-state index is -0.0126. The highest BCUT2D eigenvalue weighted by molar-refractivity contribution is 9.10. The van der Waals surface area contributed by atoms with Gasteiger partial charge in [0, 0.05) is 20.6 Å². The topological polar surface area (TPSA) is 29.1 Å². The Morgan fingerprint density at radius 1 is 1.38 bits per heavy atom. The molecule has 3 aliphatic carbocycles. The van der Waals surface area contributed by atoms with Crippen molar-refractivity contribution < 1.29 is 4.79 Å². The Morgan fingerprint density at radius 2 is 2.06 bits per heavy atom. The van der Waals surface area contributed by atoms with E-state index in [-0.39, 0.29) is 11.4 Å². The fraction of sp³-hybridized carbons (Fsp3) is 0.417. The van der Waals surface area contributed by atoms with Crippen LogP contribution in [-0.4, -0.2) is 11.4 Å². The van der Waals surface area contributed by atoms with Crippen LogP contribution < -0.4 is 5.32 Å². The summed E-state index contributed by atoms with van der Waals surface area (Å²) >= 11 is 9.25. The molecule has 2 bridgehead atoms. The zero-order chi connectivity index (χ0) is 11.3. The Hall–Kier alpha value is -0.540. The van der Waals surface area contributed by atoms with E-state index in [0.717, 1.165) is 29.7 Å². The molecule has 0 unspecified atom stereocenters. The first-order chi connectivity index (χ1) is 7.56. The van der Waals surface area contributed by atoms with Gasteiger partial charge in [0.25, 0.3) is 5.91 Å². The summed E-state index contributed by atoms with van der Waals surface area (Å²) in [5.41, 5.74) is 0.750. The minimum absolute atomic E-state index is 0.0126. The number of carbonyl (C=O) groups excluding carboxylic acids is 1. The summed E-state index contributed by atoms with van der Waals surface area (Å²) in [5.74, 6) is 0.854. The molecule has 4 rings (SSSR count). The van der Waals surface area contributed by atoms with Gasteiger partial charge in [-0.2, -0.15) is 0 Å². The van der Waals surface area contributed by atoms with Crippen LogP contribution >= 0.6 is 27.5 Å². The average molecular weight is 301 g/mol. The van der Waals surface area contributed by atoms with Gasteiger partial charge in [-0.1, -0.05) is 27.5 Å². The van der Waals surface area contributed by atoms with Crippen LogP contribution in [0.2, 0.25) is 5.02 Å². The van der Waals surface area contributed by atoms with Gasteiger partial charge < -0.3 is 5.32 Å². The second kappa shape index (κ2) is 3.47. The molecule has 0 radical (unpaired) electrons. The van der Waals surface area contributed by atoms with Crippen LogP contribution in [0, 0.1) is 5.92 Å². The van der Waals surface area contributed by atoms with E-state index >= 15 is 0 Å². The maximum absolute atomic E-state index is 12.0. The van der Waals surface area contributed by atoms with Gasteiger partial charge >= 0.3 is 0 Å². The van der Waals surface area contributed by atoms with Crippen molar-refractivity contribution >= 4 is 33.4 Å². The number of benzene rings is 1. The van der Waals surface area contributed by atoms with Crippen molar-refractivity contribution in [3.8, 4) is 0 Å². The normalized spacial score (nSPS) is 30.2. The van der Waals surface area contributed by atoms with Crippen molar-refractivity contribution in [3.05, 3.63) is 33.3 Å². The van der Waals surface area contributed by atoms with Crippen LogP contribution in [0.15, 0.2) is 22.7 Å². The molecule has 1 aromatic rings. The molecular formula is C12H11BrClNO. The lowest BCUT2D eigenvalue weighted by molar-refractivity contribution is -0.0438. The summed E-state index contributed by atoms with van der Waals surface area (Å²) in [4.78, 5) is 12.0. The van der Waals surface area contributed by atoms with E-state index in [1.807, 2.05) is 0 Å². The van der Waals surface area contributed by atoms with Gasteiger partial charge in [-0.25, -0.2) is 0 Å². The van der Waals surface area contributed by atoms with Crippen molar-refractivity contribution in [1.82, 2.24) is 5.32 Å². The second-order valence-corrected chi connectivity index (χ2v) is 6.22. The summed E-state index contributed by atoms with van der Waals surface area (Å²) in [6, 6.07) is 5.28. The van der Waals surface area contributed by atoms with Crippen LogP contribution in [0.25, 0.3) is 0 Å². The van der Waals surface area contributed by atoms with Gasteiger partial charge in [0.05, 0.1) is 0 Å². The molecule has 1 amide bonds. The number of carbonyl (C=O) groups is 1. The molecule has 2 nitrogen and oxygen atoms in total. The molecule has 1 N–H and O–H groups in total. The van der Waals surface area contributed by atoms with Gasteiger partial charge in [0.2, 0.25) is 0 Å². The first-order valence-electron chi connectivity index (χ1n) is 5.35. The predicted molar refractivity (Wildman–Crippen MR) is 66.7 cm³/mol. The standard InChI is InChI=1S/C12H11BrClNO/c13-9-1-8(2-10(14)3-9)11(16)15-12-4-7(5-12)6-12/h1-3,7H,4-6H2,(H,15,16). The van der Waals surface area contributed by atoms with E-state index in [1.165, 1.54) is 0 Å². The number of hydrogen-bond donors (Lipinski definition) is 1. The molecule has 0 spiro atoms. The third kappa shape index (κ3) is 1.66. The van der Waals surface area contributed by atoms with Crippen molar-refractivity contribution in [1.29, 1.82) is 0 Å². The molecule has 4 heteroatoms. The maximum atomic E-state index is 12.0. The lowest BCUT2D eigenvalue weighted by Gasteiger charge is -2.61. The fourth-order valence-corrected chi connectivity index (χ4v) is 3.49. The molecule has 3 fully saturated rings. The Morgan fingerprint density at radius 3 is 2.56 bits per heavy atom. The number of halogens is 2. The molecule has 0 atom stereocenters. The monoisotopic (exact) mass is 299 g/mol. The molecule has 0 aliphatic heterocycles. The fourth-order valence-electron chi connectivity index (χ4n) is 2.63. The minimum Gasteiger partial charge on any atom is -0.347 e. The van der Waals surface area contributed by atoms with Crippen LogP contribution in [0.1, 0.15) is 29.6 Å². The van der Waals surface area contributed by atoms with Crippen molar-refractivity contribution in [2.75, 3.05) is 0 Å². The van der Waals surface area contributed by atoms with Gasteiger partial charge in [0.15, 0.2) is 0 Å². The molecule has 0 aromatic heterocycles. The summed E-state index contributed by atoms with van der Waals surface area (Å²) < 4.78 is 0.836. The number of rotatable bonds is 2. The lowest BCUT2D eigenvalue weighted by Crippen LogP contribution is -2.68. The van der Waals surface area contributed by atoms with Crippen molar-refractivity contribution in [2.24, 2.45) is 5.92 Å². The van der Waals surface area contributed by atoms with Crippen molar-refractivity contribution in [3.63, 3.8) is 0 Å². The zero-order valence-electron chi connectivity index (χ0n) is 8.59. The van der Waals surface area contributed by atoms with E-state index in [9.17, 15) is 4.79 Å². The first kappa shape index (κ1) is 10.6. The Labute approximate surface area is 107 Å². The highest BCUT2D eigenvalue weighted by Gasteiger charge is 2.57. The second-order valence-electron chi connectivity index (χ2n) is 4.87. The van der Waals surface area contributed by atoms with Crippen LogP contribution in [-0.2, 0) is 0 Å². The summed E-state index contributed by atoms with van der Waals surface area (Å²) in [6.07, 6.45) is 3.46. The van der Waals surface area contributed by atoms with Crippen LogP contribution in [0.3, 0.4) is 0 Å². The maximum Gasteiger partial charge on any atom is 0.251 e. The van der Waals surface area contributed by atoms with Gasteiger partial charge in [0.1, 0.15) is 0 Å². The zero-order valence-corrected chi connectivity index (χ0v) is 10.9. The number of hydrogen-bond acceptors (Lipinski definition) is 1. The van der Waals surface area contributed by atoms with Gasteiger partial charge in [-0.05, 0) is 43.4 Å². The van der Waals surface area contributed by atoms with Crippen LogP contribution in [0.4, 0.5) is 0 Å². The predicted octanol–water partition coefficient (Wildman–Crippen LogP) is 3.38. The van der Waals surface area contributed by atoms with E-state index in [2.05, 4.69) is 21.2 Å². The molecule has 84 valence electrons. The molecule has 1 aromatic carbocycles. The Kier molecular flexibility index (Phi) is 2.30. The summed E-state index contributed by atoms with van der Waals surface area (Å²) in [6.45, 7) is 0. The molecular weight excluding hydrogens is 289 g/mol. The average Bonchev–Trinajstić information content (AvgIpc) is 2.07. The first-order valence-corrected chi connectivity index (χ1v) is 6.52. The summed E-state index contributed by atoms with van der Waals surface area (Å²) in [5, 5.41) is 3.69. The Balaban J connectivity index is 1.77. The van der Waals surface area contributed by atoms with E-state index < -0.39 is 0 Å². The largest absolute Gasteiger partial charge is 0.347 e.